The molecule has 4 heterocycles. The lowest BCUT2D eigenvalue weighted by atomic mass is 9.68. The van der Waals surface area contributed by atoms with Crippen molar-refractivity contribution < 1.29 is 19.5 Å². The molecule has 2 saturated heterocycles. The number of aliphatic imine (C=N–C) groups is 1. The minimum Gasteiger partial charge on any atom is -0.494 e. The quantitative estimate of drug-likeness (QED) is 0.466. The zero-order valence-corrected chi connectivity index (χ0v) is 21.0. The number of anilines is 1. The highest BCUT2D eigenvalue weighted by atomic mass is 16.3. The number of rotatable bonds is 3. The number of aromatic amines is 1. The maximum atomic E-state index is 13.5. The van der Waals surface area contributed by atoms with Crippen LogP contribution in [-0.4, -0.2) is 75.2 Å². The molecule has 1 atom stereocenters. The van der Waals surface area contributed by atoms with Crippen molar-refractivity contribution in [3.05, 3.63) is 50.2 Å². The third-order valence-electron chi connectivity index (χ3n) is 7.62. The third kappa shape index (κ3) is 3.42. The van der Waals surface area contributed by atoms with Crippen molar-refractivity contribution in [1.82, 2.24) is 19.4 Å². The number of fused-ring (bicyclic) bond motifs is 4. The van der Waals surface area contributed by atoms with Crippen LogP contribution in [0.1, 0.15) is 43.9 Å². The molecule has 3 aliphatic heterocycles. The van der Waals surface area contributed by atoms with Crippen molar-refractivity contribution in [2.24, 2.45) is 10.4 Å². The molecule has 37 heavy (non-hydrogen) atoms. The van der Waals surface area contributed by atoms with Gasteiger partial charge in [-0.3, -0.25) is 38.7 Å². The summed E-state index contributed by atoms with van der Waals surface area (Å²) in [5.41, 5.74) is -1.04. The summed E-state index contributed by atoms with van der Waals surface area (Å²) in [4.78, 5) is 74.5. The summed E-state index contributed by atoms with van der Waals surface area (Å²) in [6.07, 6.45) is 2.75. The molecule has 0 aliphatic carbocycles. The second-order valence-electron chi connectivity index (χ2n) is 10.0. The Morgan fingerprint density at radius 3 is 2.43 bits per heavy atom. The number of barbiturate groups is 1. The highest BCUT2D eigenvalue weighted by molar-refractivity contribution is 6.20. The predicted octanol–water partition coefficient (Wildman–Crippen LogP) is 1.14. The number of aromatic nitrogens is 2. The Labute approximate surface area is 211 Å². The van der Waals surface area contributed by atoms with E-state index in [9.17, 15) is 29.1 Å². The van der Waals surface area contributed by atoms with Crippen LogP contribution in [-0.2, 0) is 16.0 Å². The molecule has 12 nitrogen and oxygen atoms in total. The second-order valence-corrected chi connectivity index (χ2v) is 10.0. The molecule has 2 N–H and O–H groups in total. The van der Waals surface area contributed by atoms with Gasteiger partial charge in [0.2, 0.25) is 17.7 Å². The number of carbonyl (C=O) groups is 3. The number of benzene rings is 1. The predicted molar refractivity (Wildman–Crippen MR) is 135 cm³/mol. The van der Waals surface area contributed by atoms with Crippen molar-refractivity contribution >= 4 is 35.4 Å². The van der Waals surface area contributed by atoms with Crippen molar-refractivity contribution in [2.75, 3.05) is 25.5 Å². The standard InChI is InChI=1S/C25H28N6O6/c1-13(2)31-20(33)16(19(32)27-23(31)36)12-26-15-7-8-17-14(10-15)11-25(18-6-5-9-30(17)18)21(34)28(3)24(37)29(4)22(25)35/h7-8,10,12-13,18,33H,5-6,9,11H2,1-4H3,(H,27,32,36)/t18-/m0/s1. The maximum Gasteiger partial charge on any atom is 0.332 e. The molecule has 1 spiro atoms. The molecule has 0 unspecified atom stereocenters. The highest BCUT2D eigenvalue weighted by Crippen LogP contribution is 2.49. The molecule has 5 rings (SSSR count). The summed E-state index contributed by atoms with van der Waals surface area (Å²) in [7, 11) is 2.79. The fourth-order valence-electron chi connectivity index (χ4n) is 5.87. The molecule has 0 saturated carbocycles. The first-order valence-corrected chi connectivity index (χ1v) is 12.1. The summed E-state index contributed by atoms with van der Waals surface area (Å²) >= 11 is 0. The lowest BCUT2D eigenvalue weighted by molar-refractivity contribution is -0.159. The number of imide groups is 2. The molecular formula is C25H28N6O6. The van der Waals surface area contributed by atoms with Gasteiger partial charge in [0.15, 0.2) is 5.41 Å². The monoisotopic (exact) mass is 508 g/mol. The Kier molecular flexibility index (Phi) is 5.57. The van der Waals surface area contributed by atoms with Crippen LogP contribution in [0.2, 0.25) is 0 Å². The number of aromatic hydroxyl groups is 1. The van der Waals surface area contributed by atoms with E-state index in [1.807, 2.05) is 6.07 Å². The molecule has 3 aliphatic rings. The zero-order chi connectivity index (χ0) is 26.8. The van der Waals surface area contributed by atoms with Gasteiger partial charge < -0.3 is 10.0 Å². The number of amides is 4. The minimum absolute atomic E-state index is 0.108. The van der Waals surface area contributed by atoms with Gasteiger partial charge in [0.05, 0.1) is 11.7 Å². The third-order valence-corrected chi connectivity index (χ3v) is 7.62. The van der Waals surface area contributed by atoms with Crippen LogP contribution in [0, 0.1) is 5.41 Å². The molecule has 1 aromatic heterocycles. The minimum atomic E-state index is -1.43. The van der Waals surface area contributed by atoms with Gasteiger partial charge in [0, 0.05) is 38.6 Å². The smallest absolute Gasteiger partial charge is 0.332 e. The van der Waals surface area contributed by atoms with Gasteiger partial charge >= 0.3 is 11.7 Å². The molecule has 2 fully saturated rings. The van der Waals surface area contributed by atoms with Gasteiger partial charge in [-0.25, -0.2) is 9.59 Å². The summed E-state index contributed by atoms with van der Waals surface area (Å²) < 4.78 is 1.06. The molecule has 2 aromatic rings. The number of carbonyl (C=O) groups excluding carboxylic acids is 3. The fourth-order valence-corrected chi connectivity index (χ4v) is 5.87. The van der Waals surface area contributed by atoms with Gasteiger partial charge in [-0.05, 0) is 56.9 Å². The number of nitrogens with one attached hydrogen (secondary N) is 1. The van der Waals surface area contributed by atoms with Gasteiger partial charge in [-0.2, -0.15) is 0 Å². The number of urea groups is 1. The van der Waals surface area contributed by atoms with E-state index in [1.165, 1.54) is 20.3 Å². The Morgan fingerprint density at radius 1 is 1.11 bits per heavy atom. The molecule has 12 heteroatoms. The van der Waals surface area contributed by atoms with Crippen LogP contribution >= 0.6 is 0 Å². The van der Waals surface area contributed by atoms with E-state index in [-0.39, 0.29) is 18.0 Å². The lowest BCUT2D eigenvalue weighted by Crippen LogP contribution is -2.70. The highest BCUT2D eigenvalue weighted by Gasteiger charge is 2.63. The molecule has 4 amide bonds. The van der Waals surface area contributed by atoms with E-state index in [4.69, 9.17) is 0 Å². The maximum absolute atomic E-state index is 13.5. The van der Waals surface area contributed by atoms with E-state index in [0.29, 0.717) is 18.7 Å². The Balaban J connectivity index is 1.57. The van der Waals surface area contributed by atoms with Crippen molar-refractivity contribution in [3.8, 4) is 5.88 Å². The van der Waals surface area contributed by atoms with Crippen LogP contribution in [0.15, 0.2) is 32.8 Å². The average Bonchev–Trinajstić information content (AvgIpc) is 3.35. The van der Waals surface area contributed by atoms with Gasteiger partial charge in [-0.1, -0.05) is 0 Å². The largest absolute Gasteiger partial charge is 0.494 e. The van der Waals surface area contributed by atoms with E-state index in [0.717, 1.165) is 32.0 Å². The summed E-state index contributed by atoms with van der Waals surface area (Å²) in [6.45, 7) is 4.06. The van der Waals surface area contributed by atoms with Gasteiger partial charge in [0.25, 0.3) is 5.56 Å². The van der Waals surface area contributed by atoms with Crippen molar-refractivity contribution in [2.45, 2.75) is 45.2 Å². The first-order chi connectivity index (χ1) is 17.5. The average molecular weight is 509 g/mol. The Hall–Kier alpha value is -4.22. The normalized spacial score (nSPS) is 20.9. The van der Waals surface area contributed by atoms with Crippen LogP contribution in [0.5, 0.6) is 5.88 Å². The Bertz CT molecular complexity index is 1460. The summed E-state index contributed by atoms with van der Waals surface area (Å²) in [5.74, 6) is -1.51. The molecule has 0 radical (unpaired) electrons. The topological polar surface area (TPSA) is 148 Å². The number of nitrogens with zero attached hydrogens (tertiary/aromatic N) is 5. The van der Waals surface area contributed by atoms with E-state index >= 15 is 0 Å². The van der Waals surface area contributed by atoms with Crippen LogP contribution in [0.4, 0.5) is 16.2 Å². The number of hydrogen-bond donors (Lipinski definition) is 2. The van der Waals surface area contributed by atoms with Crippen molar-refractivity contribution in [3.63, 3.8) is 0 Å². The fraction of sp³-hybridized carbons (Fsp3) is 0.440. The second kappa shape index (κ2) is 8.43. The molecular weight excluding hydrogens is 480 g/mol. The van der Waals surface area contributed by atoms with E-state index in [1.54, 1.807) is 26.0 Å². The SMILES string of the molecule is CC(C)n1c(O)c(C=Nc2ccc3c(c2)CC2(C(=O)N(C)C(=O)N(C)C2=O)[C@@H]2CCCN32)c(=O)[nH]c1=O. The van der Waals surface area contributed by atoms with E-state index < -0.39 is 46.4 Å². The van der Waals surface area contributed by atoms with E-state index in [2.05, 4.69) is 14.9 Å². The number of H-pyrrole nitrogens is 1. The van der Waals surface area contributed by atoms with Gasteiger partial charge in [-0.15, -0.1) is 0 Å². The van der Waals surface area contributed by atoms with Crippen molar-refractivity contribution in [1.29, 1.82) is 0 Å². The number of hydrogen-bond acceptors (Lipinski definition) is 8. The lowest BCUT2D eigenvalue weighted by Gasteiger charge is -2.50. The first kappa shape index (κ1) is 24.5. The Morgan fingerprint density at radius 2 is 1.78 bits per heavy atom. The molecule has 0 bridgehead atoms. The first-order valence-electron chi connectivity index (χ1n) is 12.1. The zero-order valence-electron chi connectivity index (χ0n) is 21.0. The summed E-state index contributed by atoms with van der Waals surface area (Å²) in [5, 5.41) is 10.5. The van der Waals surface area contributed by atoms with Crippen LogP contribution < -0.4 is 16.1 Å². The van der Waals surface area contributed by atoms with Crippen LogP contribution in [0.25, 0.3) is 0 Å². The van der Waals surface area contributed by atoms with Crippen LogP contribution in [0.3, 0.4) is 0 Å². The summed E-state index contributed by atoms with van der Waals surface area (Å²) in [6, 6.07) is 3.95. The molecule has 1 aromatic carbocycles. The van der Waals surface area contributed by atoms with Gasteiger partial charge in [0.1, 0.15) is 5.56 Å². The molecule has 194 valence electrons.